The Balaban J connectivity index is 0. The van der Waals surface area contributed by atoms with Crippen molar-refractivity contribution >= 4 is 5.78 Å². The third kappa shape index (κ3) is 12.2. The fourth-order valence-electron chi connectivity index (χ4n) is 0.295. The summed E-state index contributed by atoms with van der Waals surface area (Å²) in [5.41, 5.74) is -1.68. The van der Waals surface area contributed by atoms with E-state index in [1.165, 1.54) is 13.8 Å². The molecule has 0 aromatic heterocycles. The number of rotatable bonds is 2. The molecule has 0 saturated carbocycles. The number of hydrogen-bond donors (Lipinski definition) is 0. The Morgan fingerprint density at radius 2 is 1.12 bits per heavy atom. The molecule has 0 aliphatic carbocycles. The number of ketones is 1. The molecule has 0 aromatic carbocycles. The van der Waals surface area contributed by atoms with Gasteiger partial charge in [0.05, 0.1) is 12.1 Å². The minimum atomic E-state index is -0.839. The Labute approximate surface area is 96.8 Å². The number of nitrogens with zero attached hydrogens (tertiary/aromatic N) is 4. The summed E-state index contributed by atoms with van der Waals surface area (Å²) >= 11 is 0. The van der Waals surface area contributed by atoms with Crippen molar-refractivity contribution in [2.75, 3.05) is 0 Å². The molecule has 0 N–H and O–H groups in total. The van der Waals surface area contributed by atoms with Crippen LogP contribution in [-0.4, -0.2) is 16.9 Å². The normalized spacial score (nSPS) is 11.0. The molecule has 16 heavy (non-hydrogen) atoms. The van der Waals surface area contributed by atoms with Crippen LogP contribution in [-0.2, 0) is 4.79 Å². The average Bonchev–Trinajstić information content (AvgIpc) is 2.15. The zero-order chi connectivity index (χ0) is 13.4. The molecule has 5 heteroatoms. The largest absolute Gasteiger partial charge is 0.300 e. The number of azo groups is 1. The van der Waals surface area contributed by atoms with Crippen molar-refractivity contribution in [2.45, 2.75) is 52.6 Å². The molecular formula is C11H18N4O. The molecule has 0 saturated heterocycles. The van der Waals surface area contributed by atoms with Crippen molar-refractivity contribution in [3.63, 3.8) is 0 Å². The van der Waals surface area contributed by atoms with Crippen molar-refractivity contribution in [3.05, 3.63) is 0 Å². The van der Waals surface area contributed by atoms with Crippen molar-refractivity contribution in [1.82, 2.24) is 0 Å². The van der Waals surface area contributed by atoms with E-state index >= 15 is 0 Å². The van der Waals surface area contributed by atoms with E-state index in [1.54, 1.807) is 27.7 Å². The van der Waals surface area contributed by atoms with Gasteiger partial charge >= 0.3 is 0 Å². The molecular weight excluding hydrogens is 204 g/mol. The van der Waals surface area contributed by atoms with Gasteiger partial charge in [-0.2, -0.15) is 20.8 Å². The molecule has 0 amide bonds. The van der Waals surface area contributed by atoms with E-state index in [9.17, 15) is 4.79 Å². The highest BCUT2D eigenvalue weighted by Gasteiger charge is 2.19. The number of carbonyl (C=O) groups excluding carboxylic acids is 1. The molecule has 0 spiro atoms. The topological polar surface area (TPSA) is 89.4 Å². The van der Waals surface area contributed by atoms with E-state index in [0.717, 1.165) is 0 Å². The molecule has 0 fully saturated rings. The Hall–Kier alpha value is -1.75. The smallest absolute Gasteiger partial charge is 0.162 e. The first-order chi connectivity index (χ1) is 7.06. The molecule has 0 aliphatic heterocycles. The standard InChI is InChI=1S/C8H12N4.C3H6O/c1-7(2,5-9)11-12-8(3,4)6-10;1-3(2)4/h1-4H3;1-2H3. The highest BCUT2D eigenvalue weighted by Crippen LogP contribution is 2.13. The van der Waals surface area contributed by atoms with Gasteiger partial charge in [0.15, 0.2) is 11.1 Å². The van der Waals surface area contributed by atoms with Gasteiger partial charge in [-0.25, -0.2) is 0 Å². The second-order valence-electron chi connectivity index (χ2n) is 4.45. The predicted molar refractivity (Wildman–Crippen MR) is 60.6 cm³/mol. The van der Waals surface area contributed by atoms with Crippen molar-refractivity contribution in [1.29, 1.82) is 10.5 Å². The van der Waals surface area contributed by atoms with E-state index in [-0.39, 0.29) is 5.78 Å². The van der Waals surface area contributed by atoms with Gasteiger partial charge in [0, 0.05) is 0 Å². The first-order valence-electron chi connectivity index (χ1n) is 4.80. The van der Waals surface area contributed by atoms with Gasteiger partial charge in [0.2, 0.25) is 0 Å². The molecule has 0 heterocycles. The Morgan fingerprint density at radius 3 is 1.25 bits per heavy atom. The summed E-state index contributed by atoms with van der Waals surface area (Å²) in [7, 11) is 0. The zero-order valence-corrected chi connectivity index (χ0v) is 10.7. The third-order valence-electron chi connectivity index (χ3n) is 1.10. The van der Waals surface area contributed by atoms with Crippen molar-refractivity contribution in [2.24, 2.45) is 10.2 Å². The molecule has 0 radical (unpaired) electrons. The van der Waals surface area contributed by atoms with E-state index in [2.05, 4.69) is 10.2 Å². The first kappa shape index (κ1) is 16.7. The summed E-state index contributed by atoms with van der Waals surface area (Å²) in [6.45, 7) is 9.63. The van der Waals surface area contributed by atoms with Crippen LogP contribution < -0.4 is 0 Å². The lowest BCUT2D eigenvalue weighted by Gasteiger charge is -2.11. The predicted octanol–water partition coefficient (Wildman–Crippen LogP) is 2.64. The van der Waals surface area contributed by atoms with Crippen LogP contribution in [0.5, 0.6) is 0 Å². The van der Waals surface area contributed by atoms with Gasteiger partial charge < -0.3 is 4.79 Å². The zero-order valence-electron chi connectivity index (χ0n) is 10.7. The second kappa shape index (κ2) is 6.68. The van der Waals surface area contributed by atoms with Gasteiger partial charge in [-0.3, -0.25) is 0 Å². The third-order valence-corrected chi connectivity index (χ3v) is 1.10. The summed E-state index contributed by atoms with van der Waals surface area (Å²) in [5.74, 6) is 0.167. The van der Waals surface area contributed by atoms with Gasteiger partial charge in [-0.1, -0.05) is 0 Å². The second-order valence-corrected chi connectivity index (χ2v) is 4.45. The SMILES string of the molecule is CC(C)(C#N)N=NC(C)(C)C#N.CC(C)=O. The molecule has 0 aromatic rings. The molecule has 5 nitrogen and oxygen atoms in total. The molecule has 0 bridgehead atoms. The quantitative estimate of drug-likeness (QED) is 0.672. The maximum atomic E-state index is 9.44. The van der Waals surface area contributed by atoms with Gasteiger partial charge in [-0.15, -0.1) is 0 Å². The monoisotopic (exact) mass is 222 g/mol. The highest BCUT2D eigenvalue weighted by molar-refractivity contribution is 5.72. The molecule has 0 atom stereocenters. The van der Waals surface area contributed by atoms with Crippen LogP contribution in [0.1, 0.15) is 41.5 Å². The van der Waals surface area contributed by atoms with Crippen molar-refractivity contribution in [3.8, 4) is 12.1 Å². The lowest BCUT2D eigenvalue weighted by Crippen LogP contribution is -2.17. The minimum Gasteiger partial charge on any atom is -0.300 e. The first-order valence-corrected chi connectivity index (χ1v) is 4.80. The van der Waals surface area contributed by atoms with Crippen molar-refractivity contribution < 1.29 is 4.79 Å². The van der Waals surface area contributed by atoms with Crippen LogP contribution in [0.2, 0.25) is 0 Å². The summed E-state index contributed by atoms with van der Waals surface area (Å²) in [6, 6.07) is 3.94. The number of nitriles is 2. The number of hydrogen-bond acceptors (Lipinski definition) is 5. The summed E-state index contributed by atoms with van der Waals surface area (Å²) in [4.78, 5) is 9.44. The average molecular weight is 222 g/mol. The minimum absolute atomic E-state index is 0.167. The number of carbonyl (C=O) groups is 1. The van der Waals surface area contributed by atoms with Gasteiger partial charge in [0.25, 0.3) is 0 Å². The molecule has 88 valence electrons. The van der Waals surface area contributed by atoms with Crippen LogP contribution >= 0.6 is 0 Å². The number of Topliss-reactive ketones (excluding diaryl/α,β-unsaturated/α-hetero) is 1. The van der Waals surface area contributed by atoms with Gasteiger partial charge in [-0.05, 0) is 41.5 Å². The lowest BCUT2D eigenvalue weighted by atomic mass is 10.1. The van der Waals surface area contributed by atoms with E-state index in [1.807, 2.05) is 12.1 Å². The summed E-state index contributed by atoms with van der Waals surface area (Å²) in [5, 5.41) is 24.7. The highest BCUT2D eigenvalue weighted by atomic mass is 16.1. The van der Waals surface area contributed by atoms with Crippen LogP contribution in [0.3, 0.4) is 0 Å². The molecule has 0 rings (SSSR count). The Kier molecular flexibility index (Phi) is 6.96. The maximum absolute atomic E-state index is 9.44. The van der Waals surface area contributed by atoms with E-state index < -0.39 is 11.1 Å². The summed E-state index contributed by atoms with van der Waals surface area (Å²) < 4.78 is 0. The van der Waals surface area contributed by atoms with Gasteiger partial charge in [0.1, 0.15) is 5.78 Å². The molecule has 0 aliphatic rings. The fraction of sp³-hybridized carbons (Fsp3) is 0.727. The maximum Gasteiger partial charge on any atom is 0.162 e. The molecule has 0 unspecified atom stereocenters. The van der Waals surface area contributed by atoms with E-state index in [0.29, 0.717) is 0 Å². The van der Waals surface area contributed by atoms with Crippen LogP contribution in [0.25, 0.3) is 0 Å². The van der Waals surface area contributed by atoms with Crippen LogP contribution in [0.15, 0.2) is 10.2 Å². The fourth-order valence-corrected chi connectivity index (χ4v) is 0.295. The summed E-state index contributed by atoms with van der Waals surface area (Å²) in [6.07, 6.45) is 0. The van der Waals surface area contributed by atoms with Crippen LogP contribution in [0.4, 0.5) is 0 Å². The lowest BCUT2D eigenvalue weighted by molar-refractivity contribution is -0.114. The van der Waals surface area contributed by atoms with Crippen LogP contribution in [0, 0.1) is 22.7 Å². The Bertz CT molecular complexity index is 310. The Morgan fingerprint density at radius 1 is 0.938 bits per heavy atom. The van der Waals surface area contributed by atoms with E-state index in [4.69, 9.17) is 10.5 Å².